The highest BCUT2D eigenvalue weighted by atomic mass is 79.9. The quantitative estimate of drug-likeness (QED) is 0.689. The van der Waals surface area contributed by atoms with Crippen LogP contribution in [0.15, 0.2) is 33.8 Å². The van der Waals surface area contributed by atoms with Crippen LogP contribution in [-0.4, -0.2) is 15.5 Å². The Morgan fingerprint density at radius 1 is 1.32 bits per heavy atom. The molecule has 0 fully saturated rings. The molecule has 2 heterocycles. The van der Waals surface area contributed by atoms with E-state index in [1.54, 1.807) is 0 Å². The van der Waals surface area contributed by atoms with Crippen molar-refractivity contribution in [3.8, 4) is 0 Å². The Balaban J connectivity index is 1.74. The maximum absolute atomic E-state index is 12.6. The second-order valence-corrected chi connectivity index (χ2v) is 8.08. The van der Waals surface area contributed by atoms with E-state index in [-0.39, 0.29) is 17.9 Å². The summed E-state index contributed by atoms with van der Waals surface area (Å²) in [5.41, 5.74) is 2.65. The van der Waals surface area contributed by atoms with Gasteiger partial charge in [0, 0.05) is 28.0 Å². The third kappa shape index (κ3) is 3.67. The Labute approximate surface area is 157 Å². The number of benzene rings is 1. The van der Waals surface area contributed by atoms with Gasteiger partial charge in [0.1, 0.15) is 4.83 Å². The van der Waals surface area contributed by atoms with E-state index in [2.05, 4.69) is 26.2 Å². The minimum Gasteiger partial charge on any atom is -0.326 e. The Kier molecular flexibility index (Phi) is 5.06. The first-order valence-corrected chi connectivity index (χ1v) is 9.49. The molecule has 130 valence electrons. The van der Waals surface area contributed by atoms with Crippen molar-refractivity contribution >= 4 is 49.1 Å². The Morgan fingerprint density at radius 2 is 2.08 bits per heavy atom. The van der Waals surface area contributed by atoms with E-state index in [4.69, 9.17) is 0 Å². The molecule has 0 aliphatic heterocycles. The Bertz CT molecular complexity index is 1020. The van der Waals surface area contributed by atoms with Crippen molar-refractivity contribution in [3.05, 3.63) is 55.4 Å². The van der Waals surface area contributed by atoms with Crippen LogP contribution in [0.5, 0.6) is 0 Å². The number of carbonyl (C=O) groups excluding carboxylic acids is 1. The normalized spacial score (nSPS) is 11.0. The fourth-order valence-corrected chi connectivity index (χ4v) is 4.09. The number of hydrogen-bond acceptors (Lipinski definition) is 4. The predicted octanol–water partition coefficient (Wildman–Crippen LogP) is 4.17. The van der Waals surface area contributed by atoms with E-state index >= 15 is 0 Å². The first-order chi connectivity index (χ1) is 11.9. The average molecular weight is 420 g/mol. The summed E-state index contributed by atoms with van der Waals surface area (Å²) in [6, 6.07) is 5.68. The molecule has 0 atom stereocenters. The topological polar surface area (TPSA) is 64.0 Å². The molecular weight excluding hydrogens is 402 g/mol. The lowest BCUT2D eigenvalue weighted by atomic mass is 10.2. The summed E-state index contributed by atoms with van der Waals surface area (Å²) >= 11 is 4.93. The van der Waals surface area contributed by atoms with Gasteiger partial charge in [-0.3, -0.25) is 14.2 Å². The van der Waals surface area contributed by atoms with Gasteiger partial charge in [-0.15, -0.1) is 11.3 Å². The molecule has 1 aromatic carbocycles. The van der Waals surface area contributed by atoms with Crippen molar-refractivity contribution in [3.63, 3.8) is 0 Å². The molecule has 0 unspecified atom stereocenters. The number of aromatic nitrogens is 2. The molecule has 0 aliphatic rings. The summed E-state index contributed by atoms with van der Waals surface area (Å²) < 4.78 is 2.48. The molecule has 0 radical (unpaired) electrons. The van der Waals surface area contributed by atoms with E-state index < -0.39 is 0 Å². The van der Waals surface area contributed by atoms with E-state index in [1.165, 1.54) is 22.2 Å². The van der Waals surface area contributed by atoms with Crippen molar-refractivity contribution in [1.82, 2.24) is 9.55 Å². The second-order valence-electron chi connectivity index (χ2n) is 5.96. The summed E-state index contributed by atoms with van der Waals surface area (Å²) in [5, 5.41) is 3.55. The molecule has 3 aromatic rings. The maximum Gasteiger partial charge on any atom is 0.262 e. The number of amides is 1. The van der Waals surface area contributed by atoms with Crippen LogP contribution in [0.25, 0.3) is 10.2 Å². The summed E-state index contributed by atoms with van der Waals surface area (Å²) in [5.74, 6) is -0.129. The lowest BCUT2D eigenvalue weighted by Gasteiger charge is -2.09. The highest BCUT2D eigenvalue weighted by molar-refractivity contribution is 9.10. The number of hydrogen-bond donors (Lipinski definition) is 1. The SMILES string of the molecule is Cc1cc(Br)ccc1NC(=O)CCn1cnc2sc(C)c(C)c2c1=O. The first kappa shape index (κ1) is 17.8. The van der Waals surface area contributed by atoms with E-state index in [0.29, 0.717) is 11.9 Å². The van der Waals surface area contributed by atoms with Crippen LogP contribution >= 0.6 is 27.3 Å². The summed E-state index contributed by atoms with van der Waals surface area (Å²) in [4.78, 5) is 31.0. The van der Waals surface area contributed by atoms with Crippen molar-refractivity contribution in [2.24, 2.45) is 0 Å². The molecule has 25 heavy (non-hydrogen) atoms. The number of anilines is 1. The van der Waals surface area contributed by atoms with Crippen molar-refractivity contribution in [2.45, 2.75) is 33.7 Å². The summed E-state index contributed by atoms with van der Waals surface area (Å²) in [6.45, 7) is 6.16. The number of nitrogens with zero attached hydrogens (tertiary/aromatic N) is 2. The van der Waals surface area contributed by atoms with Crippen LogP contribution in [0, 0.1) is 20.8 Å². The number of carbonyl (C=O) groups is 1. The van der Waals surface area contributed by atoms with Crippen LogP contribution in [-0.2, 0) is 11.3 Å². The Hall–Kier alpha value is -1.99. The van der Waals surface area contributed by atoms with E-state index in [9.17, 15) is 9.59 Å². The number of thiophene rings is 1. The van der Waals surface area contributed by atoms with Crippen LogP contribution in [0.3, 0.4) is 0 Å². The largest absolute Gasteiger partial charge is 0.326 e. The van der Waals surface area contributed by atoms with Crippen LogP contribution < -0.4 is 10.9 Å². The number of aryl methyl sites for hydroxylation is 4. The molecule has 1 amide bonds. The zero-order valence-electron chi connectivity index (χ0n) is 14.2. The van der Waals surface area contributed by atoms with Gasteiger partial charge in [-0.2, -0.15) is 0 Å². The molecule has 0 spiro atoms. The van der Waals surface area contributed by atoms with Crippen LogP contribution in [0.2, 0.25) is 0 Å². The first-order valence-electron chi connectivity index (χ1n) is 7.88. The molecule has 7 heteroatoms. The van der Waals surface area contributed by atoms with Gasteiger partial charge < -0.3 is 5.32 Å². The minimum absolute atomic E-state index is 0.0838. The van der Waals surface area contributed by atoms with E-state index in [1.807, 2.05) is 39.0 Å². The smallest absolute Gasteiger partial charge is 0.262 e. The summed E-state index contributed by atoms with van der Waals surface area (Å²) in [6.07, 6.45) is 1.74. The van der Waals surface area contributed by atoms with Gasteiger partial charge in [0.05, 0.1) is 11.7 Å². The predicted molar refractivity (Wildman–Crippen MR) is 105 cm³/mol. The fraction of sp³-hybridized carbons (Fsp3) is 0.278. The standard InChI is InChI=1S/C18H18BrN3O2S/c1-10-8-13(19)4-5-14(10)21-15(23)6-7-22-9-20-17-16(18(22)24)11(2)12(3)25-17/h4-5,8-9H,6-7H2,1-3H3,(H,21,23). The molecule has 2 aromatic heterocycles. The zero-order chi connectivity index (χ0) is 18.1. The second kappa shape index (κ2) is 7.09. The van der Waals surface area contributed by atoms with Crippen molar-refractivity contribution < 1.29 is 4.79 Å². The summed E-state index contributed by atoms with van der Waals surface area (Å²) in [7, 11) is 0. The third-order valence-corrected chi connectivity index (χ3v) is 5.81. The molecule has 0 saturated heterocycles. The van der Waals surface area contributed by atoms with Crippen LogP contribution in [0.4, 0.5) is 5.69 Å². The highest BCUT2D eigenvalue weighted by Crippen LogP contribution is 2.25. The molecule has 5 nitrogen and oxygen atoms in total. The highest BCUT2D eigenvalue weighted by Gasteiger charge is 2.13. The lowest BCUT2D eigenvalue weighted by Crippen LogP contribution is -2.23. The van der Waals surface area contributed by atoms with Gasteiger partial charge in [-0.05, 0) is 50.1 Å². The van der Waals surface area contributed by atoms with Gasteiger partial charge in [0.25, 0.3) is 5.56 Å². The van der Waals surface area contributed by atoms with Gasteiger partial charge in [0.15, 0.2) is 0 Å². The van der Waals surface area contributed by atoms with E-state index in [0.717, 1.165) is 31.0 Å². The number of fused-ring (bicyclic) bond motifs is 1. The number of nitrogens with one attached hydrogen (secondary N) is 1. The maximum atomic E-state index is 12.6. The number of rotatable bonds is 4. The van der Waals surface area contributed by atoms with Gasteiger partial charge in [0.2, 0.25) is 5.91 Å². The monoisotopic (exact) mass is 419 g/mol. The number of halogens is 1. The zero-order valence-corrected chi connectivity index (χ0v) is 16.6. The lowest BCUT2D eigenvalue weighted by molar-refractivity contribution is -0.116. The van der Waals surface area contributed by atoms with Gasteiger partial charge in [-0.1, -0.05) is 15.9 Å². The molecule has 0 saturated carbocycles. The molecule has 3 rings (SSSR count). The van der Waals surface area contributed by atoms with Gasteiger partial charge in [-0.25, -0.2) is 4.98 Å². The molecule has 0 aliphatic carbocycles. The van der Waals surface area contributed by atoms with Crippen molar-refractivity contribution in [1.29, 1.82) is 0 Å². The molecular formula is C18H18BrN3O2S. The van der Waals surface area contributed by atoms with Crippen molar-refractivity contribution in [2.75, 3.05) is 5.32 Å². The average Bonchev–Trinajstić information content (AvgIpc) is 2.85. The van der Waals surface area contributed by atoms with Gasteiger partial charge >= 0.3 is 0 Å². The molecule has 0 bridgehead atoms. The van der Waals surface area contributed by atoms with Crippen LogP contribution in [0.1, 0.15) is 22.4 Å². The third-order valence-electron chi connectivity index (χ3n) is 4.20. The fourth-order valence-electron chi connectivity index (χ4n) is 2.63. The Morgan fingerprint density at radius 3 is 2.80 bits per heavy atom. The minimum atomic E-state index is -0.129. The molecule has 1 N–H and O–H groups in total.